The Morgan fingerprint density at radius 3 is 2.75 bits per heavy atom. The number of hydrazine groups is 1. The molecular weight excluding hydrogens is 309 g/mol. The highest BCUT2D eigenvalue weighted by Gasteiger charge is 2.24. The number of carbonyl (C=O) groups excluding carboxylic acids is 1. The van der Waals surface area contributed by atoms with Crippen LogP contribution in [0.15, 0.2) is 24.3 Å². The number of carbonyl (C=O) groups is 1. The number of ether oxygens (including phenoxy) is 1. The summed E-state index contributed by atoms with van der Waals surface area (Å²) in [4.78, 5) is 14.3. The second kappa shape index (κ2) is 8.55. The van der Waals surface area contributed by atoms with Crippen LogP contribution in [0.4, 0.5) is 4.39 Å². The van der Waals surface area contributed by atoms with Gasteiger partial charge in [-0.25, -0.2) is 4.39 Å². The van der Waals surface area contributed by atoms with Gasteiger partial charge in [0.15, 0.2) is 0 Å². The van der Waals surface area contributed by atoms with E-state index < -0.39 is 0 Å². The Hall–Kier alpha value is -1.50. The summed E-state index contributed by atoms with van der Waals surface area (Å²) in [5.41, 5.74) is 7.28. The van der Waals surface area contributed by atoms with Gasteiger partial charge in [0.1, 0.15) is 5.82 Å². The lowest BCUT2D eigenvalue weighted by Crippen LogP contribution is -2.46. The van der Waals surface area contributed by atoms with Crippen LogP contribution in [0, 0.1) is 11.7 Å². The zero-order valence-electron chi connectivity index (χ0n) is 14.0. The van der Waals surface area contributed by atoms with Gasteiger partial charge in [0.25, 0.3) is 0 Å². The molecule has 0 aliphatic carbocycles. The van der Waals surface area contributed by atoms with Gasteiger partial charge in [-0.15, -0.1) is 0 Å². The van der Waals surface area contributed by atoms with Crippen molar-refractivity contribution in [3.8, 4) is 0 Å². The van der Waals surface area contributed by atoms with E-state index in [0.29, 0.717) is 38.5 Å². The van der Waals surface area contributed by atoms with E-state index in [1.54, 1.807) is 12.1 Å². The van der Waals surface area contributed by atoms with Crippen LogP contribution in [0.5, 0.6) is 0 Å². The van der Waals surface area contributed by atoms with Gasteiger partial charge in [-0.1, -0.05) is 12.1 Å². The molecule has 24 heavy (non-hydrogen) atoms. The van der Waals surface area contributed by atoms with E-state index in [-0.39, 0.29) is 17.8 Å². The molecule has 0 saturated carbocycles. The number of hydrogen-bond acceptors (Lipinski definition) is 4. The molecule has 1 aromatic carbocycles. The average Bonchev–Trinajstić information content (AvgIpc) is 3.10. The number of halogens is 1. The molecule has 2 aliphatic heterocycles. The fourth-order valence-electron chi connectivity index (χ4n) is 3.36. The number of morpholine rings is 1. The topological polar surface area (TPSA) is 53.6 Å². The summed E-state index contributed by atoms with van der Waals surface area (Å²) in [7, 11) is 0. The zero-order chi connectivity index (χ0) is 16.8. The Balaban J connectivity index is 1.42. The molecule has 2 heterocycles. The third-order valence-corrected chi connectivity index (χ3v) is 4.78. The number of nitrogens with zero attached hydrogens (tertiary/aromatic N) is 1. The van der Waals surface area contributed by atoms with Gasteiger partial charge in [-0.05, 0) is 36.5 Å². The molecule has 0 bridgehead atoms. The molecule has 2 fully saturated rings. The number of rotatable bonds is 6. The maximum Gasteiger partial charge on any atom is 0.222 e. The van der Waals surface area contributed by atoms with Crippen LogP contribution in [0.3, 0.4) is 0 Å². The quantitative estimate of drug-likeness (QED) is 0.827. The van der Waals surface area contributed by atoms with E-state index in [1.165, 1.54) is 12.1 Å². The Kier molecular flexibility index (Phi) is 6.18. The first-order valence-corrected chi connectivity index (χ1v) is 8.80. The molecule has 1 amide bonds. The third-order valence-electron chi connectivity index (χ3n) is 4.78. The van der Waals surface area contributed by atoms with Gasteiger partial charge in [-0.2, -0.15) is 0 Å². The van der Waals surface area contributed by atoms with Crippen LogP contribution in [0.2, 0.25) is 0 Å². The molecule has 2 N–H and O–H groups in total. The van der Waals surface area contributed by atoms with E-state index in [2.05, 4.69) is 10.9 Å². The Labute approximate surface area is 142 Å². The first-order chi connectivity index (χ1) is 11.7. The molecule has 2 aliphatic rings. The van der Waals surface area contributed by atoms with E-state index in [1.807, 2.05) is 4.90 Å². The lowest BCUT2D eigenvalue weighted by Gasteiger charge is -2.33. The summed E-state index contributed by atoms with van der Waals surface area (Å²) >= 11 is 0. The van der Waals surface area contributed by atoms with Crippen molar-refractivity contribution in [1.82, 2.24) is 15.8 Å². The first kappa shape index (κ1) is 17.3. The molecular formula is C18H26FN3O2. The highest BCUT2D eigenvalue weighted by Crippen LogP contribution is 2.15. The summed E-state index contributed by atoms with van der Waals surface area (Å²) in [6.45, 7) is 3.86. The summed E-state index contributed by atoms with van der Waals surface area (Å²) in [6.07, 6.45) is 3.34. The maximum absolute atomic E-state index is 13.0. The predicted octanol–water partition coefficient (Wildman–Crippen LogP) is 1.49. The summed E-state index contributed by atoms with van der Waals surface area (Å²) in [6, 6.07) is 6.49. The van der Waals surface area contributed by atoms with Gasteiger partial charge in [0.05, 0.1) is 12.7 Å². The van der Waals surface area contributed by atoms with E-state index in [0.717, 1.165) is 31.5 Å². The van der Waals surface area contributed by atoms with Crippen molar-refractivity contribution >= 4 is 5.91 Å². The van der Waals surface area contributed by atoms with Crippen LogP contribution in [-0.4, -0.2) is 49.7 Å². The lowest BCUT2D eigenvalue weighted by molar-refractivity contribution is -0.138. The Bertz CT molecular complexity index is 532. The molecule has 1 aromatic rings. The molecule has 5 nitrogen and oxygen atoms in total. The first-order valence-electron chi connectivity index (χ1n) is 8.80. The molecule has 132 valence electrons. The van der Waals surface area contributed by atoms with Gasteiger partial charge >= 0.3 is 0 Å². The van der Waals surface area contributed by atoms with Gasteiger partial charge in [0.2, 0.25) is 5.91 Å². The van der Waals surface area contributed by atoms with Gasteiger partial charge < -0.3 is 9.64 Å². The summed E-state index contributed by atoms with van der Waals surface area (Å²) < 4.78 is 18.7. The van der Waals surface area contributed by atoms with Crippen LogP contribution in [0.1, 0.15) is 24.8 Å². The van der Waals surface area contributed by atoms with E-state index in [4.69, 9.17) is 4.74 Å². The van der Waals surface area contributed by atoms with Crippen molar-refractivity contribution in [2.75, 3.05) is 32.8 Å². The fourth-order valence-corrected chi connectivity index (χ4v) is 3.36. The van der Waals surface area contributed by atoms with E-state index >= 15 is 0 Å². The highest BCUT2D eigenvalue weighted by molar-refractivity contribution is 5.76. The smallest absolute Gasteiger partial charge is 0.222 e. The largest absolute Gasteiger partial charge is 0.374 e. The predicted molar refractivity (Wildman–Crippen MR) is 89.8 cm³/mol. The monoisotopic (exact) mass is 335 g/mol. The second-order valence-corrected chi connectivity index (χ2v) is 6.68. The molecule has 6 heteroatoms. The maximum atomic E-state index is 13.0. The summed E-state index contributed by atoms with van der Waals surface area (Å²) in [5, 5.41) is 0. The minimum absolute atomic E-state index is 0.00334. The minimum Gasteiger partial charge on any atom is -0.374 e. The SMILES string of the molecule is O=C(CCCC1CNNC1)N1CCOC(Cc2ccc(F)cc2)C1. The Morgan fingerprint density at radius 2 is 2.00 bits per heavy atom. The molecule has 1 unspecified atom stereocenters. The van der Waals surface area contributed by atoms with Crippen molar-refractivity contribution in [2.45, 2.75) is 31.8 Å². The van der Waals surface area contributed by atoms with Crippen molar-refractivity contribution in [1.29, 1.82) is 0 Å². The van der Waals surface area contributed by atoms with Crippen LogP contribution >= 0.6 is 0 Å². The molecule has 3 rings (SSSR count). The fraction of sp³-hybridized carbons (Fsp3) is 0.611. The molecule has 0 aromatic heterocycles. The average molecular weight is 335 g/mol. The van der Waals surface area contributed by atoms with Crippen molar-refractivity contribution in [3.63, 3.8) is 0 Å². The number of amides is 1. The van der Waals surface area contributed by atoms with Crippen molar-refractivity contribution in [2.24, 2.45) is 5.92 Å². The molecule has 0 radical (unpaired) electrons. The van der Waals surface area contributed by atoms with Crippen LogP contribution < -0.4 is 10.9 Å². The highest BCUT2D eigenvalue weighted by atomic mass is 19.1. The molecule has 1 atom stereocenters. The zero-order valence-corrected chi connectivity index (χ0v) is 14.0. The second-order valence-electron chi connectivity index (χ2n) is 6.68. The number of nitrogens with one attached hydrogen (secondary N) is 2. The van der Waals surface area contributed by atoms with Crippen LogP contribution in [0.25, 0.3) is 0 Å². The molecule has 2 saturated heterocycles. The minimum atomic E-state index is -0.229. The Morgan fingerprint density at radius 1 is 1.25 bits per heavy atom. The number of hydrogen-bond donors (Lipinski definition) is 2. The van der Waals surface area contributed by atoms with Crippen molar-refractivity contribution in [3.05, 3.63) is 35.6 Å². The van der Waals surface area contributed by atoms with E-state index in [9.17, 15) is 9.18 Å². The normalized spacial score (nSPS) is 22.0. The van der Waals surface area contributed by atoms with Gasteiger partial charge in [-0.3, -0.25) is 15.6 Å². The molecule has 0 spiro atoms. The third kappa shape index (κ3) is 5.00. The lowest BCUT2D eigenvalue weighted by atomic mass is 10.0. The van der Waals surface area contributed by atoms with Gasteiger partial charge in [0, 0.05) is 39.0 Å². The summed E-state index contributed by atoms with van der Waals surface area (Å²) in [5.74, 6) is 0.628. The van der Waals surface area contributed by atoms with Crippen molar-refractivity contribution < 1.29 is 13.9 Å². The number of benzene rings is 1. The standard InChI is InChI=1S/C18H26FN3O2/c19-16-6-4-14(5-7-16)10-17-13-22(8-9-24-17)18(23)3-1-2-15-11-20-21-12-15/h4-7,15,17,20-21H,1-3,8-13H2. The van der Waals surface area contributed by atoms with Crippen LogP contribution in [-0.2, 0) is 16.0 Å².